The Balaban J connectivity index is 2.47. The van der Waals surface area contributed by atoms with Gasteiger partial charge in [-0.1, -0.05) is 0 Å². The molecule has 0 radical (unpaired) electrons. The number of hydrogen-bond donors (Lipinski definition) is 0. The Morgan fingerprint density at radius 1 is 0.667 bits per heavy atom. The van der Waals surface area contributed by atoms with Crippen LogP contribution in [0.2, 0.25) is 33.0 Å². The molecule has 0 unspecified atom stereocenters. The Bertz CT molecular complexity index is 692. The molecule has 0 saturated heterocycles. The fourth-order valence-electron chi connectivity index (χ4n) is 4.40. The predicted octanol–water partition coefficient (Wildman–Crippen LogP) is 7.44. The van der Waals surface area contributed by atoms with Crippen LogP contribution in [0.5, 0.6) is 0 Å². The van der Waals surface area contributed by atoms with Gasteiger partial charge in [-0.05, 0) is 0 Å². The van der Waals surface area contributed by atoms with E-state index in [1.54, 1.807) is 18.5 Å². The Morgan fingerprint density at radius 3 is 1.63 bits per heavy atom. The Kier molecular flexibility index (Phi) is 8.93. The summed E-state index contributed by atoms with van der Waals surface area (Å²) >= 11 is -2.30. The molecule has 150 valence electrons. The van der Waals surface area contributed by atoms with Crippen LogP contribution in [0.4, 0.5) is 0 Å². The van der Waals surface area contributed by atoms with Crippen LogP contribution in [-0.4, -0.2) is 26.5 Å². The molecule has 2 rings (SSSR count). The molecule has 2 aromatic carbocycles. The van der Waals surface area contributed by atoms with Crippen molar-refractivity contribution in [2.45, 2.75) is 92.2 Å². The molecule has 0 amide bonds. The SMILES string of the molecule is CCC[CH2][Sn]([CH2]CCC)([CH2]CCC)[c]1ccc2cc([Si](C)(C)C)ccc2c1. The van der Waals surface area contributed by atoms with Gasteiger partial charge >= 0.3 is 175 Å². The molecular formula is C25H42SiSn. The van der Waals surface area contributed by atoms with Crippen LogP contribution in [0.15, 0.2) is 36.4 Å². The van der Waals surface area contributed by atoms with E-state index in [4.69, 9.17) is 0 Å². The van der Waals surface area contributed by atoms with Crippen molar-refractivity contribution in [3.63, 3.8) is 0 Å². The van der Waals surface area contributed by atoms with E-state index in [0.717, 1.165) is 0 Å². The van der Waals surface area contributed by atoms with Crippen LogP contribution >= 0.6 is 0 Å². The summed E-state index contributed by atoms with van der Waals surface area (Å²) in [5, 5.41) is 4.53. The van der Waals surface area contributed by atoms with E-state index >= 15 is 0 Å². The summed E-state index contributed by atoms with van der Waals surface area (Å²) in [6.07, 6.45) is 8.38. The van der Waals surface area contributed by atoms with Gasteiger partial charge < -0.3 is 0 Å². The van der Waals surface area contributed by atoms with Crippen LogP contribution in [0.25, 0.3) is 10.8 Å². The molecule has 0 aliphatic rings. The van der Waals surface area contributed by atoms with Crippen molar-refractivity contribution < 1.29 is 0 Å². The first-order chi connectivity index (χ1) is 12.9. The molecule has 0 N–H and O–H groups in total. The number of hydrogen-bond acceptors (Lipinski definition) is 0. The third-order valence-corrected chi connectivity index (χ3v) is 24.0. The van der Waals surface area contributed by atoms with Gasteiger partial charge in [0, 0.05) is 0 Å². The normalized spacial score (nSPS) is 12.7. The van der Waals surface area contributed by atoms with Crippen molar-refractivity contribution in [2.75, 3.05) is 0 Å². The van der Waals surface area contributed by atoms with Crippen molar-refractivity contribution in [3.8, 4) is 0 Å². The zero-order valence-corrected chi connectivity index (χ0v) is 22.7. The number of fused-ring (bicyclic) bond motifs is 1. The van der Waals surface area contributed by atoms with E-state index in [9.17, 15) is 0 Å². The summed E-state index contributed by atoms with van der Waals surface area (Å²) in [4.78, 5) is 0. The first kappa shape index (κ1) is 23.0. The molecule has 0 aromatic heterocycles. The van der Waals surface area contributed by atoms with Gasteiger partial charge in [-0.15, -0.1) is 0 Å². The average molecular weight is 489 g/mol. The second-order valence-electron chi connectivity index (χ2n) is 9.62. The first-order valence-corrected chi connectivity index (χ1v) is 22.4. The van der Waals surface area contributed by atoms with Gasteiger partial charge in [-0.3, -0.25) is 0 Å². The molecule has 0 fully saturated rings. The summed E-state index contributed by atoms with van der Waals surface area (Å²) < 4.78 is 6.49. The molecule has 0 aliphatic carbocycles. The van der Waals surface area contributed by atoms with Crippen LogP contribution < -0.4 is 8.77 Å². The zero-order chi connectivity index (χ0) is 19.9. The Hall–Kier alpha value is -0.284. The van der Waals surface area contributed by atoms with Gasteiger partial charge in [0.1, 0.15) is 0 Å². The van der Waals surface area contributed by atoms with E-state index < -0.39 is 26.5 Å². The summed E-state index contributed by atoms with van der Waals surface area (Å²) in [6.45, 7) is 14.5. The minimum absolute atomic E-state index is 1.24. The molecule has 0 spiro atoms. The number of unbranched alkanes of at least 4 members (excludes halogenated alkanes) is 3. The third-order valence-electron chi connectivity index (χ3n) is 6.35. The Labute approximate surface area is 174 Å². The van der Waals surface area contributed by atoms with Crippen molar-refractivity contribution in [1.82, 2.24) is 0 Å². The fraction of sp³-hybridized carbons (Fsp3) is 0.600. The number of benzene rings is 2. The molecule has 0 heterocycles. The molecule has 0 atom stereocenters. The number of rotatable bonds is 11. The molecule has 2 aromatic rings. The Morgan fingerprint density at radius 2 is 1.15 bits per heavy atom. The van der Waals surface area contributed by atoms with Gasteiger partial charge in [-0.2, -0.15) is 0 Å². The van der Waals surface area contributed by atoms with Crippen LogP contribution in [0, 0.1) is 0 Å². The van der Waals surface area contributed by atoms with Gasteiger partial charge in [-0.25, -0.2) is 0 Å². The summed E-state index contributed by atoms with van der Waals surface area (Å²) in [5.41, 5.74) is 0. The van der Waals surface area contributed by atoms with E-state index in [1.807, 2.05) is 3.58 Å². The van der Waals surface area contributed by atoms with Crippen LogP contribution in [0.1, 0.15) is 59.3 Å². The van der Waals surface area contributed by atoms with Crippen molar-refractivity contribution in [1.29, 1.82) is 0 Å². The quantitative estimate of drug-likeness (QED) is 0.288. The molecule has 2 heteroatoms. The van der Waals surface area contributed by atoms with Gasteiger partial charge in [0.2, 0.25) is 0 Å². The van der Waals surface area contributed by atoms with Crippen LogP contribution in [0.3, 0.4) is 0 Å². The monoisotopic (exact) mass is 490 g/mol. The third kappa shape index (κ3) is 6.09. The molecule has 0 aliphatic heterocycles. The maximum atomic E-state index is 2.63. The van der Waals surface area contributed by atoms with E-state index in [0.29, 0.717) is 0 Å². The molecule has 0 bridgehead atoms. The topological polar surface area (TPSA) is 0 Å². The average Bonchev–Trinajstić information content (AvgIpc) is 2.66. The summed E-state index contributed by atoms with van der Waals surface area (Å²) in [6, 6.07) is 15.0. The standard InChI is InChI=1S/C13H15Si.3C4H9.Sn/c1-14(2,3)13-9-8-11-6-4-5-7-12(11)10-13;3*1-3-4-2;/h5-10H,1-3H3;3*1,3-4H2,2H3;. The predicted molar refractivity (Wildman–Crippen MR) is 131 cm³/mol. The fourth-order valence-corrected chi connectivity index (χ4v) is 21.6. The molecule has 27 heavy (non-hydrogen) atoms. The summed E-state index contributed by atoms with van der Waals surface area (Å²) in [7, 11) is -1.24. The summed E-state index contributed by atoms with van der Waals surface area (Å²) in [5.74, 6) is 0. The molecule has 0 saturated carbocycles. The first-order valence-electron chi connectivity index (χ1n) is 11.4. The minimum atomic E-state index is -2.30. The maximum absolute atomic E-state index is 2.63. The van der Waals surface area contributed by atoms with Crippen LogP contribution in [-0.2, 0) is 0 Å². The van der Waals surface area contributed by atoms with Gasteiger partial charge in [0.05, 0.1) is 0 Å². The van der Waals surface area contributed by atoms with E-state index in [2.05, 4.69) is 76.8 Å². The van der Waals surface area contributed by atoms with E-state index in [1.165, 1.54) is 49.3 Å². The van der Waals surface area contributed by atoms with Crippen molar-refractivity contribution in [2.24, 2.45) is 0 Å². The van der Waals surface area contributed by atoms with E-state index in [-0.39, 0.29) is 0 Å². The second-order valence-corrected chi connectivity index (χ2v) is 27.9. The molecule has 0 nitrogen and oxygen atoms in total. The zero-order valence-electron chi connectivity index (χ0n) is 18.8. The second kappa shape index (κ2) is 10.5. The van der Waals surface area contributed by atoms with Crippen molar-refractivity contribution in [3.05, 3.63) is 36.4 Å². The van der Waals surface area contributed by atoms with Crippen molar-refractivity contribution >= 4 is 46.0 Å². The van der Waals surface area contributed by atoms with Gasteiger partial charge in [0.25, 0.3) is 0 Å². The molecular weight excluding hydrogens is 447 g/mol. The van der Waals surface area contributed by atoms with Gasteiger partial charge in [0.15, 0.2) is 0 Å².